The van der Waals surface area contributed by atoms with E-state index in [2.05, 4.69) is 5.32 Å². The lowest BCUT2D eigenvalue weighted by Crippen LogP contribution is -2.42. The fraction of sp³-hybridized carbons (Fsp3) is 0.583. The highest BCUT2D eigenvalue weighted by Gasteiger charge is 2.30. The Morgan fingerprint density at radius 2 is 2.26 bits per heavy atom. The molecule has 1 unspecified atom stereocenters. The summed E-state index contributed by atoms with van der Waals surface area (Å²) in [6.07, 6.45) is 2.29. The highest BCUT2D eigenvalue weighted by Crippen LogP contribution is 2.32. The van der Waals surface area contributed by atoms with Gasteiger partial charge in [0.2, 0.25) is 5.91 Å². The summed E-state index contributed by atoms with van der Waals surface area (Å²) in [5.41, 5.74) is 0. The summed E-state index contributed by atoms with van der Waals surface area (Å²) < 4.78 is 25.6. The molecule has 1 amide bonds. The number of thiophene rings is 1. The molecule has 5 nitrogen and oxygen atoms in total. The van der Waals surface area contributed by atoms with Gasteiger partial charge in [-0.3, -0.25) is 4.79 Å². The number of likely N-dealkylation sites (N-methyl/N-ethyl adjacent to an activating group) is 1. The van der Waals surface area contributed by atoms with E-state index in [0.29, 0.717) is 5.92 Å². The van der Waals surface area contributed by atoms with Crippen molar-refractivity contribution in [2.75, 3.05) is 13.6 Å². The number of carbonyl (C=O) groups excluding carboxylic acids is 1. The number of hydrogen-bond acceptors (Lipinski definition) is 4. The van der Waals surface area contributed by atoms with Gasteiger partial charge in [0.1, 0.15) is 4.21 Å². The van der Waals surface area contributed by atoms with Crippen LogP contribution in [0.5, 0.6) is 0 Å². The molecular formula is C12H18N2O3S2. The molecule has 19 heavy (non-hydrogen) atoms. The van der Waals surface area contributed by atoms with E-state index in [1.165, 1.54) is 7.05 Å². The summed E-state index contributed by atoms with van der Waals surface area (Å²) in [6, 6.07) is 3.35. The summed E-state index contributed by atoms with van der Waals surface area (Å²) in [6.45, 7) is 1.82. The van der Waals surface area contributed by atoms with Gasteiger partial charge in [-0.1, -0.05) is 6.07 Å². The Labute approximate surface area is 117 Å². The van der Waals surface area contributed by atoms with Crippen LogP contribution < -0.4 is 5.32 Å². The third-order valence-electron chi connectivity index (χ3n) is 3.24. The van der Waals surface area contributed by atoms with Crippen molar-refractivity contribution >= 4 is 27.3 Å². The predicted molar refractivity (Wildman–Crippen MR) is 74.5 cm³/mol. The Bertz CT molecular complexity index is 535. The highest BCUT2D eigenvalue weighted by atomic mass is 32.2. The summed E-state index contributed by atoms with van der Waals surface area (Å²) >= 11 is 1.15. The van der Waals surface area contributed by atoms with Gasteiger partial charge in [0.15, 0.2) is 0 Å². The first-order valence-electron chi connectivity index (χ1n) is 6.20. The largest absolute Gasteiger partial charge is 0.352 e. The van der Waals surface area contributed by atoms with Crippen LogP contribution in [0, 0.1) is 5.92 Å². The normalized spacial score (nSPS) is 17.4. The second-order valence-corrected chi connectivity index (χ2v) is 8.11. The first-order chi connectivity index (χ1) is 8.91. The third-order valence-corrected chi connectivity index (χ3v) is 6.42. The molecule has 1 fully saturated rings. The molecule has 1 aromatic heterocycles. The number of hydrogen-bond donors (Lipinski definition) is 1. The van der Waals surface area contributed by atoms with Crippen LogP contribution in [0.1, 0.15) is 19.8 Å². The number of carbonyl (C=O) groups is 1. The second-order valence-electron chi connectivity index (χ2n) is 4.89. The van der Waals surface area contributed by atoms with Gasteiger partial charge in [0, 0.05) is 13.1 Å². The van der Waals surface area contributed by atoms with Gasteiger partial charge in [-0.2, -0.15) is 4.31 Å². The van der Waals surface area contributed by atoms with E-state index in [1.807, 2.05) is 6.92 Å². The average Bonchev–Trinajstić information content (AvgIpc) is 3.03. The van der Waals surface area contributed by atoms with Crippen molar-refractivity contribution in [3.63, 3.8) is 0 Å². The SMILES string of the molecule is CC(NC(=O)CN(C)S(=O)(=O)c1cccs1)C1CC1. The van der Waals surface area contributed by atoms with Crippen molar-refractivity contribution in [1.29, 1.82) is 0 Å². The molecule has 0 radical (unpaired) electrons. The van der Waals surface area contributed by atoms with Crippen molar-refractivity contribution in [1.82, 2.24) is 9.62 Å². The minimum Gasteiger partial charge on any atom is -0.352 e. The molecule has 0 aromatic carbocycles. The Hall–Kier alpha value is -0.920. The minimum atomic E-state index is -3.54. The average molecular weight is 302 g/mol. The van der Waals surface area contributed by atoms with Crippen molar-refractivity contribution in [2.45, 2.75) is 30.0 Å². The molecule has 106 valence electrons. The topological polar surface area (TPSA) is 66.5 Å². The molecule has 1 saturated carbocycles. The number of nitrogens with one attached hydrogen (secondary N) is 1. The Morgan fingerprint density at radius 1 is 1.58 bits per heavy atom. The van der Waals surface area contributed by atoms with Crippen LogP contribution in [0.4, 0.5) is 0 Å². The van der Waals surface area contributed by atoms with E-state index >= 15 is 0 Å². The lowest BCUT2D eigenvalue weighted by atomic mass is 10.2. The lowest BCUT2D eigenvalue weighted by molar-refractivity contribution is -0.121. The van der Waals surface area contributed by atoms with Gasteiger partial charge in [-0.05, 0) is 37.1 Å². The molecular weight excluding hydrogens is 284 g/mol. The molecule has 0 bridgehead atoms. The van der Waals surface area contributed by atoms with E-state index in [1.54, 1.807) is 17.5 Å². The minimum absolute atomic E-state index is 0.130. The van der Waals surface area contributed by atoms with Crippen LogP contribution in [0.3, 0.4) is 0 Å². The fourth-order valence-electron chi connectivity index (χ4n) is 1.86. The van der Waals surface area contributed by atoms with E-state index < -0.39 is 10.0 Å². The first kappa shape index (κ1) is 14.5. The zero-order chi connectivity index (χ0) is 14.0. The van der Waals surface area contributed by atoms with Crippen molar-refractivity contribution in [2.24, 2.45) is 5.92 Å². The number of rotatable bonds is 6. The Kier molecular flexibility index (Phi) is 4.27. The van der Waals surface area contributed by atoms with Gasteiger partial charge < -0.3 is 5.32 Å². The standard InChI is InChI=1S/C12H18N2O3S2/c1-9(10-5-6-10)13-11(15)8-14(2)19(16,17)12-4-3-7-18-12/h3-4,7,9-10H,5-6,8H2,1-2H3,(H,13,15). The van der Waals surface area contributed by atoms with Crippen LogP contribution in [0.2, 0.25) is 0 Å². The zero-order valence-corrected chi connectivity index (χ0v) is 12.6. The molecule has 0 spiro atoms. The highest BCUT2D eigenvalue weighted by molar-refractivity contribution is 7.91. The van der Waals surface area contributed by atoms with Gasteiger partial charge in [0.05, 0.1) is 6.54 Å². The van der Waals surface area contributed by atoms with Gasteiger partial charge >= 0.3 is 0 Å². The molecule has 7 heteroatoms. The predicted octanol–water partition coefficient (Wildman–Crippen LogP) is 1.28. The smallest absolute Gasteiger partial charge is 0.252 e. The maximum absolute atomic E-state index is 12.1. The monoisotopic (exact) mass is 302 g/mol. The molecule has 1 N–H and O–H groups in total. The van der Waals surface area contributed by atoms with Gasteiger partial charge in [-0.25, -0.2) is 8.42 Å². The summed E-state index contributed by atoms with van der Waals surface area (Å²) in [7, 11) is -2.11. The summed E-state index contributed by atoms with van der Waals surface area (Å²) in [4.78, 5) is 11.8. The van der Waals surface area contributed by atoms with Gasteiger partial charge in [0.25, 0.3) is 10.0 Å². The van der Waals surface area contributed by atoms with E-state index in [9.17, 15) is 13.2 Å². The van der Waals surface area contributed by atoms with Gasteiger partial charge in [-0.15, -0.1) is 11.3 Å². The van der Waals surface area contributed by atoms with Crippen molar-refractivity contribution in [3.8, 4) is 0 Å². The van der Waals surface area contributed by atoms with E-state index in [4.69, 9.17) is 0 Å². The maximum atomic E-state index is 12.1. The lowest BCUT2D eigenvalue weighted by Gasteiger charge is -2.18. The molecule has 0 saturated heterocycles. The molecule has 1 aromatic rings. The van der Waals surface area contributed by atoms with Crippen molar-refractivity contribution in [3.05, 3.63) is 17.5 Å². The molecule has 1 atom stereocenters. The first-order valence-corrected chi connectivity index (χ1v) is 8.52. The maximum Gasteiger partial charge on any atom is 0.252 e. The van der Waals surface area contributed by atoms with E-state index in [-0.39, 0.29) is 22.7 Å². The molecule has 1 aliphatic rings. The Morgan fingerprint density at radius 3 is 2.79 bits per heavy atom. The van der Waals surface area contributed by atoms with Crippen LogP contribution in [-0.4, -0.2) is 38.3 Å². The molecule has 2 rings (SSSR count). The van der Waals surface area contributed by atoms with Crippen molar-refractivity contribution < 1.29 is 13.2 Å². The molecule has 0 aliphatic heterocycles. The van der Waals surface area contributed by atoms with Crippen LogP contribution in [0.25, 0.3) is 0 Å². The third kappa shape index (κ3) is 3.55. The summed E-state index contributed by atoms with van der Waals surface area (Å²) in [5, 5.41) is 4.55. The molecule has 1 aliphatic carbocycles. The van der Waals surface area contributed by atoms with Crippen LogP contribution >= 0.6 is 11.3 Å². The fourth-order valence-corrected chi connectivity index (χ4v) is 4.19. The van der Waals surface area contributed by atoms with Crippen LogP contribution in [0.15, 0.2) is 21.7 Å². The van der Waals surface area contributed by atoms with E-state index in [0.717, 1.165) is 28.5 Å². The zero-order valence-electron chi connectivity index (χ0n) is 11.0. The number of sulfonamides is 1. The quantitative estimate of drug-likeness (QED) is 0.861. The summed E-state index contributed by atoms with van der Waals surface area (Å²) in [5.74, 6) is 0.310. The van der Waals surface area contributed by atoms with Crippen LogP contribution in [-0.2, 0) is 14.8 Å². The number of nitrogens with zero attached hydrogens (tertiary/aromatic N) is 1. The number of amides is 1. The Balaban J connectivity index is 1.93. The molecule has 1 heterocycles. The second kappa shape index (κ2) is 5.60.